The van der Waals surface area contributed by atoms with Gasteiger partial charge in [0.2, 0.25) is 5.91 Å². The smallest absolute Gasteiger partial charge is 0.410 e. The molecule has 1 saturated heterocycles. The molecule has 0 aromatic heterocycles. The van der Waals surface area contributed by atoms with E-state index in [1.807, 2.05) is 57.2 Å². The number of carbonyl (C=O) groups excluding carboxylic acids is 2. The fraction of sp³-hybridized carbons (Fsp3) is 0.455. The topological polar surface area (TPSA) is 67.9 Å². The van der Waals surface area contributed by atoms with Crippen molar-refractivity contribution in [2.24, 2.45) is 0 Å². The third-order valence-electron chi connectivity index (χ3n) is 4.57. The van der Waals surface area contributed by atoms with Crippen LogP contribution in [0.5, 0.6) is 5.75 Å². The van der Waals surface area contributed by atoms with E-state index >= 15 is 0 Å². The molecule has 150 valence electrons. The Morgan fingerprint density at radius 1 is 1.14 bits per heavy atom. The van der Waals surface area contributed by atoms with E-state index < -0.39 is 17.7 Å². The molecule has 0 radical (unpaired) electrons. The van der Waals surface area contributed by atoms with Gasteiger partial charge in [-0.05, 0) is 56.5 Å². The fourth-order valence-electron chi connectivity index (χ4n) is 3.30. The molecule has 0 saturated carbocycles. The van der Waals surface area contributed by atoms with Gasteiger partial charge in [-0.25, -0.2) is 4.79 Å². The van der Waals surface area contributed by atoms with Gasteiger partial charge in [-0.15, -0.1) is 0 Å². The minimum absolute atomic E-state index is 0.162. The van der Waals surface area contributed by atoms with Crippen LogP contribution >= 0.6 is 0 Å². The summed E-state index contributed by atoms with van der Waals surface area (Å²) in [5.74, 6) is 0.606. The van der Waals surface area contributed by atoms with Crippen LogP contribution in [0, 0.1) is 0 Å². The average Bonchev–Trinajstić information content (AvgIpc) is 3.14. The SMILES string of the molecule is CC(C)(C)OC(=O)N1CCC[C@@H]1C(=O)NCCOc1ccc2ccccc2c1. The van der Waals surface area contributed by atoms with Crippen LogP contribution in [0.1, 0.15) is 33.6 Å². The molecule has 1 atom stereocenters. The second-order valence-electron chi connectivity index (χ2n) is 7.98. The number of nitrogens with zero attached hydrogens (tertiary/aromatic N) is 1. The van der Waals surface area contributed by atoms with Gasteiger partial charge in [-0.3, -0.25) is 9.69 Å². The van der Waals surface area contributed by atoms with Gasteiger partial charge in [0, 0.05) is 6.54 Å². The predicted molar refractivity (Wildman–Crippen MR) is 108 cm³/mol. The summed E-state index contributed by atoms with van der Waals surface area (Å²) in [5, 5.41) is 5.14. The lowest BCUT2D eigenvalue weighted by molar-refractivity contribution is -0.125. The Morgan fingerprint density at radius 3 is 2.64 bits per heavy atom. The summed E-state index contributed by atoms with van der Waals surface area (Å²) < 4.78 is 11.2. The molecular weight excluding hydrogens is 356 g/mol. The van der Waals surface area contributed by atoms with Crippen molar-refractivity contribution in [1.29, 1.82) is 0 Å². The van der Waals surface area contributed by atoms with E-state index in [9.17, 15) is 9.59 Å². The van der Waals surface area contributed by atoms with Gasteiger partial charge >= 0.3 is 6.09 Å². The molecule has 28 heavy (non-hydrogen) atoms. The molecule has 1 aliphatic heterocycles. The zero-order valence-corrected chi connectivity index (χ0v) is 16.7. The molecule has 1 fully saturated rings. The van der Waals surface area contributed by atoms with Gasteiger partial charge in [0.05, 0.1) is 6.54 Å². The Hall–Kier alpha value is -2.76. The van der Waals surface area contributed by atoms with Crippen molar-refractivity contribution < 1.29 is 19.1 Å². The molecule has 0 spiro atoms. The van der Waals surface area contributed by atoms with Gasteiger partial charge in [-0.1, -0.05) is 30.3 Å². The molecule has 1 heterocycles. The fourth-order valence-corrected chi connectivity index (χ4v) is 3.30. The zero-order valence-electron chi connectivity index (χ0n) is 16.7. The monoisotopic (exact) mass is 384 g/mol. The second-order valence-corrected chi connectivity index (χ2v) is 7.98. The van der Waals surface area contributed by atoms with E-state index in [2.05, 4.69) is 11.4 Å². The predicted octanol–water partition coefficient (Wildman–Crippen LogP) is 3.73. The van der Waals surface area contributed by atoms with Crippen LogP contribution in [0.3, 0.4) is 0 Å². The van der Waals surface area contributed by atoms with Crippen molar-refractivity contribution in [3.63, 3.8) is 0 Å². The maximum absolute atomic E-state index is 12.5. The maximum atomic E-state index is 12.5. The van der Waals surface area contributed by atoms with Crippen LogP contribution < -0.4 is 10.1 Å². The first-order valence-electron chi connectivity index (χ1n) is 9.72. The van der Waals surface area contributed by atoms with E-state index in [1.54, 1.807) is 0 Å². The highest BCUT2D eigenvalue weighted by Crippen LogP contribution is 2.22. The van der Waals surface area contributed by atoms with E-state index in [1.165, 1.54) is 4.90 Å². The molecule has 3 rings (SSSR count). The lowest BCUT2D eigenvalue weighted by atomic mass is 10.1. The van der Waals surface area contributed by atoms with Gasteiger partial charge in [0.1, 0.15) is 24.0 Å². The van der Waals surface area contributed by atoms with Gasteiger partial charge in [0.15, 0.2) is 0 Å². The maximum Gasteiger partial charge on any atom is 0.410 e. The van der Waals surface area contributed by atoms with Crippen LogP contribution in [0.2, 0.25) is 0 Å². The van der Waals surface area contributed by atoms with Crippen LogP contribution in [0.25, 0.3) is 10.8 Å². The summed E-state index contributed by atoms with van der Waals surface area (Å²) in [4.78, 5) is 26.3. The van der Waals surface area contributed by atoms with E-state index in [0.29, 0.717) is 26.1 Å². The molecule has 6 heteroatoms. The summed E-state index contributed by atoms with van der Waals surface area (Å²) >= 11 is 0. The molecule has 0 unspecified atom stereocenters. The van der Waals surface area contributed by atoms with Crippen LogP contribution in [0.4, 0.5) is 4.79 Å². The van der Waals surface area contributed by atoms with Crippen molar-refractivity contribution in [3.05, 3.63) is 42.5 Å². The van der Waals surface area contributed by atoms with Crippen molar-refractivity contribution >= 4 is 22.8 Å². The Labute approximate surface area is 165 Å². The summed E-state index contributed by atoms with van der Waals surface area (Å²) in [7, 11) is 0. The molecule has 1 N–H and O–H groups in total. The molecular formula is C22H28N2O4. The largest absolute Gasteiger partial charge is 0.492 e. The van der Waals surface area contributed by atoms with Crippen LogP contribution in [-0.4, -0.2) is 48.2 Å². The molecule has 2 amide bonds. The number of likely N-dealkylation sites (tertiary alicyclic amines) is 1. The number of rotatable bonds is 5. The molecule has 6 nitrogen and oxygen atoms in total. The number of fused-ring (bicyclic) bond motifs is 1. The second kappa shape index (κ2) is 8.50. The summed E-state index contributed by atoms with van der Waals surface area (Å²) in [6.07, 6.45) is 1.01. The van der Waals surface area contributed by atoms with Gasteiger partial charge in [0.25, 0.3) is 0 Å². The number of ether oxygens (including phenoxy) is 2. The minimum Gasteiger partial charge on any atom is -0.492 e. The molecule has 2 aromatic rings. The zero-order chi connectivity index (χ0) is 20.1. The average molecular weight is 384 g/mol. The Kier molecular flexibility index (Phi) is 6.07. The standard InChI is InChI=1S/C22H28N2O4/c1-22(2,3)28-21(26)24-13-6-9-19(24)20(25)23-12-14-27-18-11-10-16-7-4-5-8-17(16)15-18/h4-5,7-8,10-11,15,19H,6,9,12-14H2,1-3H3,(H,23,25)/t19-/m1/s1. The van der Waals surface area contributed by atoms with Crippen molar-refractivity contribution in [3.8, 4) is 5.75 Å². The van der Waals surface area contributed by atoms with Gasteiger partial charge < -0.3 is 14.8 Å². The van der Waals surface area contributed by atoms with E-state index in [4.69, 9.17) is 9.47 Å². The Bertz CT molecular complexity index is 844. The van der Waals surface area contributed by atoms with Crippen molar-refractivity contribution in [2.45, 2.75) is 45.3 Å². The highest BCUT2D eigenvalue weighted by Gasteiger charge is 2.36. The molecule has 2 aromatic carbocycles. The first kappa shape index (κ1) is 20.0. The van der Waals surface area contributed by atoms with E-state index in [-0.39, 0.29) is 5.91 Å². The minimum atomic E-state index is -0.575. The third kappa shape index (κ3) is 5.15. The highest BCUT2D eigenvalue weighted by molar-refractivity contribution is 5.86. The Morgan fingerprint density at radius 2 is 1.89 bits per heavy atom. The summed E-state index contributed by atoms with van der Waals surface area (Å²) in [5.41, 5.74) is -0.575. The third-order valence-corrected chi connectivity index (χ3v) is 4.57. The lowest BCUT2D eigenvalue weighted by Crippen LogP contribution is -2.48. The highest BCUT2D eigenvalue weighted by atomic mass is 16.6. The normalized spacial score (nSPS) is 16.8. The molecule has 0 bridgehead atoms. The number of nitrogens with one attached hydrogen (secondary N) is 1. The summed E-state index contributed by atoms with van der Waals surface area (Å²) in [6.45, 7) is 6.74. The van der Waals surface area contributed by atoms with Crippen LogP contribution in [0.15, 0.2) is 42.5 Å². The van der Waals surface area contributed by atoms with Gasteiger partial charge in [-0.2, -0.15) is 0 Å². The number of amides is 2. The van der Waals surface area contributed by atoms with Crippen molar-refractivity contribution in [1.82, 2.24) is 10.2 Å². The summed E-state index contributed by atoms with van der Waals surface area (Å²) in [6, 6.07) is 13.5. The molecule has 1 aliphatic rings. The number of hydrogen-bond acceptors (Lipinski definition) is 4. The lowest BCUT2D eigenvalue weighted by Gasteiger charge is -2.28. The van der Waals surface area contributed by atoms with E-state index in [0.717, 1.165) is 22.9 Å². The quantitative estimate of drug-likeness (QED) is 0.798. The first-order valence-corrected chi connectivity index (χ1v) is 9.72. The van der Waals surface area contributed by atoms with Crippen molar-refractivity contribution in [2.75, 3.05) is 19.7 Å². The Balaban J connectivity index is 1.47. The number of carbonyl (C=O) groups is 2. The number of benzene rings is 2. The number of hydrogen-bond donors (Lipinski definition) is 1. The first-order chi connectivity index (χ1) is 13.3. The van der Waals surface area contributed by atoms with Crippen LogP contribution in [-0.2, 0) is 9.53 Å². The molecule has 0 aliphatic carbocycles.